The first-order chi connectivity index (χ1) is 9.94. The molecular formula is C13H21ClN6O. The largest absolute Gasteiger partial charge is 0.368 e. The average Bonchev–Trinajstić information content (AvgIpc) is 2.37. The number of amides is 1. The molecule has 0 spiro atoms. The molecule has 1 amide bonds. The summed E-state index contributed by atoms with van der Waals surface area (Å²) < 4.78 is 0. The molecule has 2 rings (SSSR count). The number of nitrogen functional groups attached to an aromatic ring is 1. The summed E-state index contributed by atoms with van der Waals surface area (Å²) in [6, 6.07) is 1.88. The lowest BCUT2D eigenvalue weighted by atomic mass is 10.3. The highest BCUT2D eigenvalue weighted by Gasteiger charge is 2.20. The summed E-state index contributed by atoms with van der Waals surface area (Å²) in [5.74, 6) is 0.975. The van der Waals surface area contributed by atoms with Gasteiger partial charge in [0, 0.05) is 38.3 Å². The predicted molar refractivity (Wildman–Crippen MR) is 83.4 cm³/mol. The maximum atomic E-state index is 11.7. The van der Waals surface area contributed by atoms with E-state index in [9.17, 15) is 4.79 Å². The third-order valence-corrected chi connectivity index (χ3v) is 3.41. The van der Waals surface area contributed by atoms with Gasteiger partial charge in [-0.3, -0.25) is 9.69 Å². The molecule has 1 aliphatic rings. The van der Waals surface area contributed by atoms with E-state index in [0.29, 0.717) is 11.7 Å². The van der Waals surface area contributed by atoms with Crippen molar-refractivity contribution >= 4 is 29.3 Å². The highest BCUT2D eigenvalue weighted by molar-refractivity contribution is 6.29. The van der Waals surface area contributed by atoms with Crippen molar-refractivity contribution in [2.45, 2.75) is 19.9 Å². The molecule has 2 heterocycles. The van der Waals surface area contributed by atoms with Gasteiger partial charge < -0.3 is 16.0 Å². The summed E-state index contributed by atoms with van der Waals surface area (Å²) in [7, 11) is 0. The molecule has 21 heavy (non-hydrogen) atoms. The molecule has 1 aromatic rings. The first-order valence-corrected chi connectivity index (χ1v) is 7.38. The zero-order valence-corrected chi connectivity index (χ0v) is 13.1. The third kappa shape index (κ3) is 4.71. The van der Waals surface area contributed by atoms with Crippen LogP contribution >= 0.6 is 11.6 Å². The van der Waals surface area contributed by atoms with Gasteiger partial charge in [-0.2, -0.15) is 4.98 Å². The van der Waals surface area contributed by atoms with E-state index >= 15 is 0 Å². The lowest BCUT2D eigenvalue weighted by Gasteiger charge is -2.35. The van der Waals surface area contributed by atoms with E-state index in [4.69, 9.17) is 17.3 Å². The summed E-state index contributed by atoms with van der Waals surface area (Å²) in [6.07, 6.45) is 0. The van der Waals surface area contributed by atoms with Crippen LogP contribution in [0.2, 0.25) is 5.15 Å². The molecule has 0 bridgehead atoms. The van der Waals surface area contributed by atoms with E-state index < -0.39 is 0 Å². The van der Waals surface area contributed by atoms with Gasteiger partial charge in [0.2, 0.25) is 11.9 Å². The molecule has 3 N–H and O–H groups in total. The van der Waals surface area contributed by atoms with Crippen molar-refractivity contribution in [3.63, 3.8) is 0 Å². The van der Waals surface area contributed by atoms with Crippen LogP contribution < -0.4 is 16.0 Å². The molecule has 0 aromatic carbocycles. The molecule has 1 fully saturated rings. The fraction of sp³-hybridized carbons (Fsp3) is 0.615. The van der Waals surface area contributed by atoms with Gasteiger partial charge in [-0.05, 0) is 13.8 Å². The quantitative estimate of drug-likeness (QED) is 0.781. The van der Waals surface area contributed by atoms with Crippen molar-refractivity contribution < 1.29 is 4.79 Å². The molecule has 0 aliphatic carbocycles. The fourth-order valence-electron chi connectivity index (χ4n) is 2.29. The second kappa shape index (κ2) is 6.91. The van der Waals surface area contributed by atoms with Crippen LogP contribution in [-0.2, 0) is 4.79 Å². The van der Waals surface area contributed by atoms with Gasteiger partial charge in [-0.1, -0.05) is 11.6 Å². The minimum Gasteiger partial charge on any atom is -0.368 e. The monoisotopic (exact) mass is 312 g/mol. The van der Waals surface area contributed by atoms with Crippen molar-refractivity contribution in [3.8, 4) is 0 Å². The van der Waals surface area contributed by atoms with Gasteiger partial charge in [-0.15, -0.1) is 0 Å². The Morgan fingerprint density at radius 1 is 1.38 bits per heavy atom. The smallest absolute Gasteiger partial charge is 0.234 e. The van der Waals surface area contributed by atoms with Gasteiger partial charge in [0.1, 0.15) is 11.0 Å². The van der Waals surface area contributed by atoms with Gasteiger partial charge >= 0.3 is 0 Å². The molecule has 0 unspecified atom stereocenters. The summed E-state index contributed by atoms with van der Waals surface area (Å²) in [6.45, 7) is 7.50. The van der Waals surface area contributed by atoms with Gasteiger partial charge in [-0.25, -0.2) is 4.98 Å². The van der Waals surface area contributed by atoms with Crippen LogP contribution in [0.4, 0.5) is 11.8 Å². The molecular weight excluding hydrogens is 292 g/mol. The SMILES string of the molecule is CC(C)NC(=O)CN1CCN(c2cc(Cl)nc(N)n2)CC1. The summed E-state index contributed by atoms with van der Waals surface area (Å²) in [5.41, 5.74) is 5.61. The zero-order valence-electron chi connectivity index (χ0n) is 12.3. The van der Waals surface area contributed by atoms with Crippen LogP contribution in [-0.4, -0.2) is 59.5 Å². The topological polar surface area (TPSA) is 87.4 Å². The highest BCUT2D eigenvalue weighted by atomic mass is 35.5. The van der Waals surface area contributed by atoms with Gasteiger partial charge in [0.25, 0.3) is 0 Å². The minimum atomic E-state index is 0.0628. The molecule has 0 atom stereocenters. The maximum absolute atomic E-state index is 11.7. The van der Waals surface area contributed by atoms with Crippen LogP contribution in [0.15, 0.2) is 6.07 Å². The number of halogens is 1. The number of nitrogens with two attached hydrogens (primary N) is 1. The van der Waals surface area contributed by atoms with E-state index in [2.05, 4.69) is 25.1 Å². The van der Waals surface area contributed by atoms with Crippen molar-refractivity contribution in [1.29, 1.82) is 0 Å². The Morgan fingerprint density at radius 2 is 2.05 bits per heavy atom. The lowest BCUT2D eigenvalue weighted by Crippen LogP contribution is -2.50. The standard InChI is InChI=1S/C13H21ClN6O/c1-9(2)16-12(21)8-19-3-5-20(6-4-19)11-7-10(14)17-13(15)18-11/h7,9H,3-6,8H2,1-2H3,(H,16,21)(H2,15,17,18). The second-order valence-electron chi connectivity index (χ2n) is 5.39. The summed E-state index contributed by atoms with van der Waals surface area (Å²) >= 11 is 5.89. The molecule has 1 aliphatic heterocycles. The number of rotatable bonds is 4. The van der Waals surface area contributed by atoms with Crippen molar-refractivity contribution in [2.75, 3.05) is 43.4 Å². The number of anilines is 2. The number of hydrogen-bond donors (Lipinski definition) is 2. The Hall–Kier alpha value is -1.60. The summed E-state index contributed by atoms with van der Waals surface area (Å²) in [4.78, 5) is 24.0. The Balaban J connectivity index is 1.87. The Labute approximate surface area is 129 Å². The molecule has 7 nitrogen and oxygen atoms in total. The average molecular weight is 313 g/mol. The van der Waals surface area contributed by atoms with Crippen LogP contribution in [0.3, 0.4) is 0 Å². The Morgan fingerprint density at radius 3 is 2.62 bits per heavy atom. The minimum absolute atomic E-state index is 0.0628. The van der Waals surface area contributed by atoms with E-state index in [1.54, 1.807) is 6.07 Å². The molecule has 116 valence electrons. The maximum Gasteiger partial charge on any atom is 0.234 e. The highest BCUT2D eigenvalue weighted by Crippen LogP contribution is 2.18. The number of nitrogens with one attached hydrogen (secondary N) is 1. The molecule has 1 saturated heterocycles. The number of aromatic nitrogens is 2. The van der Waals surface area contributed by atoms with E-state index in [0.717, 1.165) is 32.0 Å². The number of nitrogens with zero attached hydrogens (tertiary/aromatic N) is 4. The zero-order chi connectivity index (χ0) is 15.4. The van der Waals surface area contributed by atoms with E-state index in [1.165, 1.54) is 0 Å². The normalized spacial score (nSPS) is 16.3. The Bertz CT molecular complexity index is 481. The van der Waals surface area contributed by atoms with E-state index in [-0.39, 0.29) is 17.9 Å². The summed E-state index contributed by atoms with van der Waals surface area (Å²) in [5, 5.41) is 3.24. The van der Waals surface area contributed by atoms with Gasteiger partial charge in [0.15, 0.2) is 0 Å². The van der Waals surface area contributed by atoms with Crippen LogP contribution in [0.5, 0.6) is 0 Å². The molecule has 8 heteroatoms. The lowest BCUT2D eigenvalue weighted by molar-refractivity contribution is -0.122. The molecule has 0 saturated carbocycles. The van der Waals surface area contributed by atoms with Crippen LogP contribution in [0.1, 0.15) is 13.8 Å². The third-order valence-electron chi connectivity index (χ3n) is 3.21. The van der Waals surface area contributed by atoms with Crippen molar-refractivity contribution in [1.82, 2.24) is 20.2 Å². The first-order valence-electron chi connectivity index (χ1n) is 7.01. The number of piperazine rings is 1. The van der Waals surface area contributed by atoms with E-state index in [1.807, 2.05) is 13.8 Å². The fourth-order valence-corrected chi connectivity index (χ4v) is 2.47. The number of carbonyl (C=O) groups is 1. The Kier molecular flexibility index (Phi) is 5.19. The van der Waals surface area contributed by atoms with Crippen LogP contribution in [0, 0.1) is 0 Å². The van der Waals surface area contributed by atoms with Crippen molar-refractivity contribution in [2.24, 2.45) is 0 Å². The number of hydrogen-bond acceptors (Lipinski definition) is 6. The van der Waals surface area contributed by atoms with Gasteiger partial charge in [0.05, 0.1) is 6.54 Å². The molecule has 1 aromatic heterocycles. The van der Waals surface area contributed by atoms with Crippen molar-refractivity contribution in [3.05, 3.63) is 11.2 Å². The number of carbonyl (C=O) groups excluding carboxylic acids is 1. The second-order valence-corrected chi connectivity index (χ2v) is 5.78. The first kappa shape index (κ1) is 15.8. The predicted octanol–water partition coefficient (Wildman–Crippen LogP) is 0.359. The molecule has 0 radical (unpaired) electrons. The van der Waals surface area contributed by atoms with Crippen LogP contribution in [0.25, 0.3) is 0 Å².